The third-order valence-electron chi connectivity index (χ3n) is 15.9. The zero-order valence-corrected chi connectivity index (χ0v) is 49.7. The highest BCUT2D eigenvalue weighted by molar-refractivity contribution is 6.34. The molecule has 22 nitrogen and oxygen atoms in total. The number of carbonyl (C=O) groups excluding carboxylic acids is 7. The first kappa shape index (κ1) is 63.2. The number of phenolic OH excluding ortho intramolecular Hbond substituents is 1. The maximum atomic E-state index is 15.0. The molecule has 5 heterocycles. The Bertz CT molecular complexity index is 3010. The van der Waals surface area contributed by atoms with Gasteiger partial charge in [0.05, 0.1) is 47.6 Å². The number of nitrogens with zero attached hydrogens (tertiary/aromatic N) is 2. The van der Waals surface area contributed by atoms with Crippen LogP contribution in [0.15, 0.2) is 76.3 Å². The van der Waals surface area contributed by atoms with Gasteiger partial charge in [0.15, 0.2) is 0 Å². The van der Waals surface area contributed by atoms with Crippen LogP contribution in [-0.2, 0) is 49.5 Å². The predicted octanol–water partition coefficient (Wildman–Crippen LogP) is 6.00. The molecule has 2 aromatic carbocycles. The SMILES string of the molecule is CO[C@H]1/C(C)=C/O[C@@]2(C)Oc3c(C)c(O)c4c(c3C2=O)C2=NC3(CCN(CC(C)C)CC3)NC2=C(NC(=O)/C(C)=C\C=C\[C@H](C)[C@H](OC(=O)CNCCNC(=O)OCc2ccc(OC(C)=O)cc2)[C@@H](C)[C@@H](O)[C@@H](C)[C@H](OC(C)=O)[C@@H]1C)C4=O. The van der Waals surface area contributed by atoms with Gasteiger partial charge in [-0.05, 0) is 50.0 Å². The Morgan fingerprint density at radius 3 is 2.20 bits per heavy atom. The highest BCUT2D eigenvalue weighted by atomic mass is 16.7. The molecule has 9 atom stereocenters. The van der Waals surface area contributed by atoms with Crippen LogP contribution < -0.4 is 30.7 Å². The van der Waals surface area contributed by atoms with Gasteiger partial charge in [-0.3, -0.25) is 33.8 Å². The lowest BCUT2D eigenvalue weighted by atomic mass is 9.77. The molecule has 8 rings (SSSR count). The van der Waals surface area contributed by atoms with Gasteiger partial charge in [-0.2, -0.15) is 0 Å². The fourth-order valence-electron chi connectivity index (χ4n) is 11.5. The van der Waals surface area contributed by atoms with E-state index in [0.717, 1.165) is 6.54 Å². The van der Waals surface area contributed by atoms with Crippen molar-refractivity contribution in [2.45, 2.75) is 138 Å². The number of esters is 3. The number of aromatic hydroxyl groups is 1. The summed E-state index contributed by atoms with van der Waals surface area (Å²) in [6, 6.07) is 6.47. The highest BCUT2D eigenvalue weighted by Crippen LogP contribution is 2.50. The van der Waals surface area contributed by atoms with Gasteiger partial charge in [0.1, 0.15) is 47.4 Å². The summed E-state index contributed by atoms with van der Waals surface area (Å²) in [6.45, 7) is 22.1. The molecule has 1 aliphatic carbocycles. The van der Waals surface area contributed by atoms with Crippen molar-refractivity contribution >= 4 is 47.2 Å². The van der Waals surface area contributed by atoms with Crippen molar-refractivity contribution in [2.24, 2.45) is 34.6 Å². The van der Waals surface area contributed by atoms with Crippen LogP contribution in [0.1, 0.15) is 126 Å². The second kappa shape index (κ2) is 26.5. The number of methoxy groups -OCH3 is 1. The third-order valence-corrected chi connectivity index (χ3v) is 15.9. The predicted molar refractivity (Wildman–Crippen MR) is 304 cm³/mol. The van der Waals surface area contributed by atoms with Crippen LogP contribution in [0.25, 0.3) is 0 Å². The summed E-state index contributed by atoms with van der Waals surface area (Å²) in [5.74, 6) is -8.52. The number of ether oxygens (including phenoxy) is 7. The second-order valence-electron chi connectivity index (χ2n) is 22.9. The molecule has 5 aliphatic heterocycles. The van der Waals surface area contributed by atoms with Gasteiger partial charge in [-0.1, -0.05) is 71.9 Å². The van der Waals surface area contributed by atoms with E-state index in [1.165, 1.54) is 47.1 Å². The van der Waals surface area contributed by atoms with E-state index in [-0.39, 0.29) is 76.9 Å². The summed E-state index contributed by atoms with van der Waals surface area (Å²) < 4.78 is 41.1. The van der Waals surface area contributed by atoms with Gasteiger partial charge in [-0.15, -0.1) is 0 Å². The number of Topliss-reactive ketones (excluding diaryl/α,β-unsaturated/α-hetero) is 2. The molecule has 1 spiro atoms. The maximum Gasteiger partial charge on any atom is 0.407 e. The zero-order chi connectivity index (χ0) is 60.8. The first-order chi connectivity index (χ1) is 39.2. The van der Waals surface area contributed by atoms with Gasteiger partial charge in [0, 0.05) is 114 Å². The van der Waals surface area contributed by atoms with Crippen LogP contribution in [-0.4, -0.2) is 145 Å². The Balaban J connectivity index is 1.19. The number of carbonyl (C=O) groups is 7. The van der Waals surface area contributed by atoms with E-state index in [9.17, 15) is 34.2 Å². The third kappa shape index (κ3) is 14.2. The standard InChI is InChI=1S/C61H80N6O16/c1-31(2)28-67-25-21-61(22-26-67)65-47-44-45-51(72)37(8)56-46(44)57(74)60(12,83-56)79-29-34(5)53(77-13)38(9)55(81-40(11)69)36(7)50(71)35(6)54(32(3)15-14-16-33(4)58(75)64-49(52(45)73)48(47)66-61)82-43(70)27-62-23-24-63-59(76)78-30-41-17-19-42(20-18-41)80-39(10)68/h14-20,29,31-32,35-36,38,50,53-55,62,66,71-72H,21-28,30H2,1-13H3,(H,63,76)(H,64,75)/b15-14+,33-16-,34-29+/t32-,35-,36+,38+,50+,53-,54-,55-,60-/m0/s1. The van der Waals surface area contributed by atoms with Crippen molar-refractivity contribution in [1.82, 2.24) is 26.2 Å². The molecule has 0 unspecified atom stereocenters. The smallest absolute Gasteiger partial charge is 0.407 e. The number of likely N-dealkylation sites (tertiary alicyclic amines) is 1. The monoisotopic (exact) mass is 1150 g/mol. The molecule has 2 aromatic rings. The number of rotatable bonds is 13. The number of alkyl carbamates (subject to hydrolysis) is 1. The van der Waals surface area contributed by atoms with Gasteiger partial charge in [-0.25, -0.2) is 4.79 Å². The van der Waals surface area contributed by atoms with Crippen molar-refractivity contribution in [3.63, 3.8) is 0 Å². The first-order valence-electron chi connectivity index (χ1n) is 28.2. The molecule has 1 fully saturated rings. The number of allylic oxidation sites excluding steroid dienone is 4. The summed E-state index contributed by atoms with van der Waals surface area (Å²) >= 11 is 0. The molecular weight excluding hydrogens is 1070 g/mol. The maximum absolute atomic E-state index is 15.0. The van der Waals surface area contributed by atoms with Crippen LogP contribution in [0.3, 0.4) is 0 Å². The number of ketones is 2. The lowest BCUT2D eigenvalue weighted by Crippen LogP contribution is -2.50. The largest absolute Gasteiger partial charge is 0.507 e. The molecule has 2 amide bonds. The molecule has 6 aliphatic rings. The molecule has 1 saturated heterocycles. The van der Waals surface area contributed by atoms with E-state index in [1.54, 1.807) is 78.0 Å². The molecule has 0 saturated carbocycles. The summed E-state index contributed by atoms with van der Waals surface area (Å²) in [4.78, 5) is 102. The number of fused-ring (bicyclic) bond motifs is 13. The number of amides is 2. The molecule has 450 valence electrons. The van der Waals surface area contributed by atoms with E-state index in [4.69, 9.17) is 38.2 Å². The molecule has 22 heteroatoms. The van der Waals surface area contributed by atoms with E-state index >= 15 is 9.59 Å². The lowest BCUT2D eigenvalue weighted by Gasteiger charge is -2.39. The first-order valence-corrected chi connectivity index (χ1v) is 28.2. The fraction of sp³-hybridized carbons (Fsp3) is 0.541. The molecule has 5 bridgehead atoms. The molecule has 83 heavy (non-hydrogen) atoms. The molecule has 6 N–H and O–H groups in total. The van der Waals surface area contributed by atoms with Crippen molar-refractivity contribution < 1.29 is 76.9 Å². The van der Waals surface area contributed by atoms with Crippen LogP contribution >= 0.6 is 0 Å². The minimum absolute atomic E-state index is 0.00340. The molecular formula is C61H80N6O16. The number of aliphatic hydroxyl groups is 1. The van der Waals surface area contributed by atoms with Crippen molar-refractivity contribution in [1.29, 1.82) is 0 Å². The topological polar surface area (TPSA) is 288 Å². The summed E-state index contributed by atoms with van der Waals surface area (Å²) in [6.07, 6.45) is 2.34. The number of aliphatic imine (C=N–C) groups is 1. The summed E-state index contributed by atoms with van der Waals surface area (Å²) in [5, 5.41) is 36.2. The van der Waals surface area contributed by atoms with Gasteiger partial charge >= 0.3 is 29.8 Å². The fourth-order valence-corrected chi connectivity index (χ4v) is 11.5. The van der Waals surface area contributed by atoms with Crippen LogP contribution in [0, 0.1) is 36.5 Å². The van der Waals surface area contributed by atoms with E-state index in [2.05, 4.69) is 40.0 Å². The average Bonchev–Trinajstić information content (AvgIpc) is 1.80. The number of hydrogen-bond donors (Lipinski definition) is 6. The van der Waals surface area contributed by atoms with Gasteiger partial charge in [0.25, 0.3) is 11.7 Å². The van der Waals surface area contributed by atoms with Crippen molar-refractivity contribution in [3.05, 3.63) is 99.1 Å². The van der Waals surface area contributed by atoms with Gasteiger partial charge in [0.2, 0.25) is 5.78 Å². The van der Waals surface area contributed by atoms with E-state index in [0.29, 0.717) is 48.7 Å². The van der Waals surface area contributed by atoms with E-state index < -0.39 is 107 Å². The Morgan fingerprint density at radius 1 is 0.892 bits per heavy atom. The number of benzene rings is 2. The summed E-state index contributed by atoms with van der Waals surface area (Å²) in [5.41, 5.74) is 0.476. The number of piperidine rings is 1. The van der Waals surface area contributed by atoms with Crippen molar-refractivity contribution in [3.8, 4) is 17.2 Å². The molecule has 0 aromatic heterocycles. The number of hydrogen-bond acceptors (Lipinski definition) is 20. The second-order valence-corrected chi connectivity index (χ2v) is 22.9. The minimum atomic E-state index is -2.04. The van der Waals surface area contributed by atoms with Crippen LogP contribution in [0.2, 0.25) is 0 Å². The minimum Gasteiger partial charge on any atom is -0.507 e. The average molecular weight is 1150 g/mol. The number of nitrogens with one attached hydrogen (secondary N) is 4. The summed E-state index contributed by atoms with van der Waals surface area (Å²) in [7, 11) is 1.46. The van der Waals surface area contributed by atoms with Crippen molar-refractivity contribution in [2.75, 3.05) is 46.4 Å². The normalized spacial score (nSPS) is 28.0. The van der Waals surface area contributed by atoms with Crippen LogP contribution in [0.4, 0.5) is 4.79 Å². The number of aliphatic hydroxyl groups excluding tert-OH is 1. The Morgan fingerprint density at radius 2 is 1.57 bits per heavy atom. The molecule has 0 radical (unpaired) electrons. The van der Waals surface area contributed by atoms with Gasteiger partial charge < -0.3 is 69.5 Å². The number of phenols is 1. The zero-order valence-electron chi connectivity index (χ0n) is 49.7. The Labute approximate surface area is 484 Å². The quantitative estimate of drug-likeness (QED) is 0.0580. The Kier molecular flexibility index (Phi) is 20.1. The highest BCUT2D eigenvalue weighted by Gasteiger charge is 2.55. The van der Waals surface area contributed by atoms with Crippen LogP contribution in [0.5, 0.6) is 17.2 Å². The lowest BCUT2D eigenvalue weighted by molar-refractivity contribution is -0.165. The van der Waals surface area contributed by atoms with E-state index in [1.807, 2.05) is 0 Å². The Hall–Kier alpha value is -7.40.